The lowest BCUT2D eigenvalue weighted by molar-refractivity contribution is 0.307. The van der Waals surface area contributed by atoms with Crippen LogP contribution in [0.25, 0.3) is 22.2 Å². The van der Waals surface area contributed by atoms with Gasteiger partial charge in [0.2, 0.25) is 0 Å². The van der Waals surface area contributed by atoms with Crippen LogP contribution in [0.2, 0.25) is 0 Å². The van der Waals surface area contributed by atoms with Crippen molar-refractivity contribution >= 4 is 33.8 Å². The highest BCUT2D eigenvalue weighted by Gasteiger charge is 2.11. The molecule has 0 saturated heterocycles. The summed E-state index contributed by atoms with van der Waals surface area (Å²) < 4.78 is 5.30. The lowest BCUT2D eigenvalue weighted by atomic mass is 10.1. The summed E-state index contributed by atoms with van der Waals surface area (Å²) in [5, 5.41) is 14.8. The molecule has 2 heterocycles. The molecular formula is C15H13N3O3S. The zero-order chi connectivity index (χ0) is 15.4. The molecule has 0 unspecified atom stereocenters. The Kier molecular flexibility index (Phi) is 4.27. The first kappa shape index (κ1) is 14.4. The summed E-state index contributed by atoms with van der Waals surface area (Å²) in [5.41, 5.74) is 1.13. The monoisotopic (exact) mass is 315 g/mol. The first-order valence-corrected chi connectivity index (χ1v) is 7.50. The van der Waals surface area contributed by atoms with Crippen LogP contribution in [-0.4, -0.2) is 29.6 Å². The van der Waals surface area contributed by atoms with Crippen LogP contribution in [0.4, 0.5) is 5.13 Å². The first-order chi connectivity index (χ1) is 10.8. The summed E-state index contributed by atoms with van der Waals surface area (Å²) in [7, 11) is 0. The molecular weight excluding hydrogens is 302 g/mol. The van der Waals surface area contributed by atoms with E-state index in [0.717, 1.165) is 5.39 Å². The van der Waals surface area contributed by atoms with E-state index in [9.17, 15) is 4.79 Å². The maximum Gasteiger partial charge on any atom is 0.345 e. The third-order valence-electron chi connectivity index (χ3n) is 2.93. The van der Waals surface area contributed by atoms with Gasteiger partial charge in [-0.2, -0.15) is 0 Å². The fourth-order valence-corrected chi connectivity index (χ4v) is 2.60. The smallest absolute Gasteiger partial charge is 0.345 e. The molecule has 1 aromatic carbocycles. The van der Waals surface area contributed by atoms with Crippen LogP contribution in [0.5, 0.6) is 0 Å². The number of aromatic nitrogens is 1. The van der Waals surface area contributed by atoms with Gasteiger partial charge in [-0.1, -0.05) is 18.2 Å². The zero-order valence-corrected chi connectivity index (χ0v) is 12.3. The quantitative estimate of drug-likeness (QED) is 0.429. The Labute approximate surface area is 129 Å². The van der Waals surface area contributed by atoms with E-state index in [1.54, 1.807) is 17.5 Å². The van der Waals surface area contributed by atoms with E-state index in [2.05, 4.69) is 15.3 Å². The molecule has 0 aliphatic heterocycles. The van der Waals surface area contributed by atoms with Gasteiger partial charge in [-0.05, 0) is 12.1 Å². The van der Waals surface area contributed by atoms with Gasteiger partial charge in [0.1, 0.15) is 5.58 Å². The van der Waals surface area contributed by atoms with Crippen LogP contribution in [0.15, 0.2) is 49.9 Å². The second-order valence-electron chi connectivity index (χ2n) is 4.43. The largest absolute Gasteiger partial charge is 0.422 e. The highest BCUT2D eigenvalue weighted by Crippen LogP contribution is 2.24. The van der Waals surface area contributed by atoms with Gasteiger partial charge >= 0.3 is 5.63 Å². The summed E-state index contributed by atoms with van der Waals surface area (Å²) in [6.07, 6.45) is 1.47. The molecule has 0 bridgehead atoms. The molecule has 22 heavy (non-hydrogen) atoms. The molecule has 0 aliphatic rings. The van der Waals surface area contributed by atoms with Crippen LogP contribution in [0.1, 0.15) is 0 Å². The third-order valence-corrected chi connectivity index (χ3v) is 3.70. The molecule has 2 aromatic heterocycles. The number of aliphatic hydroxyl groups excluding tert-OH is 1. The number of hydrogen-bond acceptors (Lipinski definition) is 6. The standard InChI is InChI=1S/C15H13N3O3S/c19-6-5-16-9-17-15-18-12(8-22-15)11-7-10-3-1-2-4-13(10)21-14(11)20/h1-4,7-9,19H,5-6H2,(H,16,17,18). The van der Waals surface area contributed by atoms with Crippen LogP contribution < -0.4 is 10.9 Å². The number of hydrogen-bond donors (Lipinski definition) is 2. The van der Waals surface area contributed by atoms with Gasteiger partial charge in [0, 0.05) is 10.8 Å². The van der Waals surface area contributed by atoms with Crippen molar-refractivity contribution in [1.82, 2.24) is 4.98 Å². The summed E-state index contributed by atoms with van der Waals surface area (Å²) in [4.78, 5) is 20.3. The number of fused-ring (bicyclic) bond motifs is 1. The van der Waals surface area contributed by atoms with Gasteiger partial charge in [-0.3, -0.25) is 4.99 Å². The number of aliphatic hydroxyl groups is 1. The number of benzene rings is 1. The lowest BCUT2D eigenvalue weighted by Gasteiger charge is -1.99. The molecule has 0 aliphatic carbocycles. The van der Waals surface area contributed by atoms with Gasteiger partial charge in [0.25, 0.3) is 0 Å². The highest BCUT2D eigenvalue weighted by molar-refractivity contribution is 7.14. The minimum absolute atomic E-state index is 0.000561. The molecule has 112 valence electrons. The fraction of sp³-hybridized carbons (Fsp3) is 0.133. The number of aliphatic imine (C=N–C) groups is 1. The van der Waals surface area contributed by atoms with E-state index < -0.39 is 5.63 Å². The van der Waals surface area contributed by atoms with Gasteiger partial charge in [0.05, 0.1) is 30.7 Å². The van der Waals surface area contributed by atoms with E-state index in [4.69, 9.17) is 9.52 Å². The van der Waals surface area contributed by atoms with Crippen LogP contribution in [-0.2, 0) is 0 Å². The Morgan fingerprint density at radius 1 is 1.41 bits per heavy atom. The molecule has 0 spiro atoms. The predicted octanol–water partition coefficient (Wildman–Crippen LogP) is 2.35. The average Bonchev–Trinajstić information content (AvgIpc) is 2.99. The molecule has 0 saturated carbocycles. The predicted molar refractivity (Wildman–Crippen MR) is 87.7 cm³/mol. The van der Waals surface area contributed by atoms with E-state index >= 15 is 0 Å². The van der Waals surface area contributed by atoms with E-state index in [1.165, 1.54) is 17.7 Å². The Morgan fingerprint density at radius 3 is 3.14 bits per heavy atom. The first-order valence-electron chi connectivity index (χ1n) is 6.62. The number of nitrogens with zero attached hydrogens (tertiary/aromatic N) is 2. The molecule has 0 radical (unpaired) electrons. The van der Waals surface area contributed by atoms with Crippen LogP contribution in [0, 0.1) is 0 Å². The van der Waals surface area contributed by atoms with Crippen molar-refractivity contribution in [2.45, 2.75) is 0 Å². The molecule has 2 N–H and O–H groups in total. The van der Waals surface area contributed by atoms with E-state index in [0.29, 0.717) is 28.5 Å². The Morgan fingerprint density at radius 2 is 2.27 bits per heavy atom. The third kappa shape index (κ3) is 3.05. The van der Waals surface area contributed by atoms with Crippen molar-refractivity contribution in [3.05, 3.63) is 46.1 Å². The summed E-state index contributed by atoms with van der Waals surface area (Å²) in [6.45, 7) is 0.332. The second-order valence-corrected chi connectivity index (χ2v) is 5.28. The average molecular weight is 315 g/mol. The molecule has 0 amide bonds. The Bertz CT molecular complexity index is 870. The van der Waals surface area contributed by atoms with E-state index in [-0.39, 0.29) is 6.61 Å². The zero-order valence-electron chi connectivity index (χ0n) is 11.5. The fourth-order valence-electron chi connectivity index (χ4n) is 1.93. The maximum atomic E-state index is 12.1. The van der Waals surface area contributed by atoms with Crippen molar-refractivity contribution in [1.29, 1.82) is 0 Å². The minimum atomic E-state index is -0.413. The van der Waals surface area contributed by atoms with Crippen molar-refractivity contribution in [2.75, 3.05) is 18.5 Å². The Balaban J connectivity index is 1.90. The Hall–Kier alpha value is -2.51. The van der Waals surface area contributed by atoms with Gasteiger partial charge in [-0.15, -0.1) is 11.3 Å². The maximum absolute atomic E-state index is 12.1. The molecule has 0 atom stereocenters. The van der Waals surface area contributed by atoms with Crippen LogP contribution >= 0.6 is 11.3 Å². The molecule has 7 heteroatoms. The van der Waals surface area contributed by atoms with Gasteiger partial charge in [-0.25, -0.2) is 9.78 Å². The SMILES string of the molecule is O=c1oc2ccccc2cc1-c1csc(NC=NCCO)n1. The molecule has 3 aromatic rings. The number of anilines is 1. The minimum Gasteiger partial charge on any atom is -0.422 e. The van der Waals surface area contributed by atoms with Crippen molar-refractivity contribution in [3.8, 4) is 11.3 Å². The number of para-hydroxylation sites is 1. The summed E-state index contributed by atoms with van der Waals surface area (Å²) in [6, 6.07) is 9.13. The van der Waals surface area contributed by atoms with E-state index in [1.807, 2.05) is 18.2 Å². The number of thiazole rings is 1. The number of nitrogens with one attached hydrogen (secondary N) is 1. The normalized spacial score (nSPS) is 11.3. The molecule has 6 nitrogen and oxygen atoms in total. The number of rotatable bonds is 5. The lowest BCUT2D eigenvalue weighted by Crippen LogP contribution is -2.03. The van der Waals surface area contributed by atoms with Crippen molar-refractivity contribution in [3.63, 3.8) is 0 Å². The summed E-state index contributed by atoms with van der Waals surface area (Å²) >= 11 is 1.36. The molecule has 3 rings (SSSR count). The van der Waals surface area contributed by atoms with Gasteiger partial charge < -0.3 is 14.8 Å². The topological polar surface area (TPSA) is 87.7 Å². The highest BCUT2D eigenvalue weighted by atomic mass is 32.1. The van der Waals surface area contributed by atoms with Gasteiger partial charge in [0.15, 0.2) is 5.13 Å². The van der Waals surface area contributed by atoms with Crippen molar-refractivity contribution in [2.24, 2.45) is 4.99 Å². The second kappa shape index (κ2) is 6.50. The molecule has 0 fully saturated rings. The van der Waals surface area contributed by atoms with Crippen LogP contribution in [0.3, 0.4) is 0 Å². The van der Waals surface area contributed by atoms with Crippen molar-refractivity contribution < 1.29 is 9.52 Å². The summed E-state index contributed by atoms with van der Waals surface area (Å²) in [5.74, 6) is 0.